The molecule has 0 aliphatic heterocycles. The molecule has 24 heavy (non-hydrogen) atoms. The van der Waals surface area contributed by atoms with Crippen molar-refractivity contribution in [3.8, 4) is 5.75 Å². The SMILES string of the molecule is C=CCc1ccccc1OCC(=O)Nc1c(CC)cccc1CC. The second-order valence-electron chi connectivity index (χ2n) is 5.60. The highest BCUT2D eigenvalue weighted by atomic mass is 16.5. The van der Waals surface area contributed by atoms with Gasteiger partial charge in [0, 0.05) is 5.69 Å². The Morgan fingerprint density at radius 3 is 2.29 bits per heavy atom. The number of amides is 1. The first-order chi connectivity index (χ1) is 11.7. The predicted octanol–water partition coefficient (Wildman–Crippen LogP) is 4.56. The van der Waals surface area contributed by atoms with Crippen LogP contribution in [0.2, 0.25) is 0 Å². The van der Waals surface area contributed by atoms with E-state index in [4.69, 9.17) is 4.74 Å². The molecule has 0 aliphatic rings. The van der Waals surface area contributed by atoms with Crippen LogP contribution in [-0.2, 0) is 24.1 Å². The Bertz CT molecular complexity index is 684. The van der Waals surface area contributed by atoms with Gasteiger partial charge < -0.3 is 10.1 Å². The average molecular weight is 323 g/mol. The molecule has 0 unspecified atom stereocenters. The van der Waals surface area contributed by atoms with Gasteiger partial charge in [-0.05, 0) is 42.0 Å². The first-order valence-corrected chi connectivity index (χ1v) is 8.41. The van der Waals surface area contributed by atoms with Crippen molar-refractivity contribution in [2.75, 3.05) is 11.9 Å². The molecular weight excluding hydrogens is 298 g/mol. The zero-order valence-corrected chi connectivity index (χ0v) is 14.5. The summed E-state index contributed by atoms with van der Waals surface area (Å²) in [6, 6.07) is 13.9. The van der Waals surface area contributed by atoms with Crippen LogP contribution in [0.25, 0.3) is 0 Å². The molecule has 1 amide bonds. The minimum atomic E-state index is -0.140. The fraction of sp³-hybridized carbons (Fsp3) is 0.286. The van der Waals surface area contributed by atoms with Crippen molar-refractivity contribution < 1.29 is 9.53 Å². The maximum absolute atomic E-state index is 12.3. The van der Waals surface area contributed by atoms with Crippen molar-refractivity contribution >= 4 is 11.6 Å². The van der Waals surface area contributed by atoms with Crippen LogP contribution >= 0.6 is 0 Å². The number of carbonyl (C=O) groups excluding carboxylic acids is 1. The Balaban J connectivity index is 2.06. The zero-order chi connectivity index (χ0) is 17.4. The normalized spacial score (nSPS) is 10.2. The summed E-state index contributed by atoms with van der Waals surface area (Å²) in [5.74, 6) is 0.589. The Hall–Kier alpha value is -2.55. The van der Waals surface area contributed by atoms with Crippen LogP contribution in [-0.4, -0.2) is 12.5 Å². The summed E-state index contributed by atoms with van der Waals surface area (Å²) in [4.78, 5) is 12.3. The molecule has 0 fully saturated rings. The highest BCUT2D eigenvalue weighted by molar-refractivity contribution is 5.93. The van der Waals surface area contributed by atoms with E-state index in [0.717, 1.165) is 47.4 Å². The first-order valence-electron chi connectivity index (χ1n) is 8.41. The molecular formula is C21H25NO2. The molecule has 2 aromatic rings. The first kappa shape index (κ1) is 17.8. The molecule has 2 rings (SSSR count). The van der Waals surface area contributed by atoms with E-state index < -0.39 is 0 Å². The third-order valence-electron chi connectivity index (χ3n) is 3.96. The molecule has 0 saturated carbocycles. The molecule has 2 aromatic carbocycles. The van der Waals surface area contributed by atoms with Crippen molar-refractivity contribution in [1.82, 2.24) is 0 Å². The summed E-state index contributed by atoms with van der Waals surface area (Å²) in [6.07, 6.45) is 4.31. The van der Waals surface area contributed by atoms with Crippen molar-refractivity contribution in [2.24, 2.45) is 0 Å². The van der Waals surface area contributed by atoms with Crippen LogP contribution in [0.3, 0.4) is 0 Å². The van der Waals surface area contributed by atoms with E-state index in [2.05, 4.69) is 37.9 Å². The van der Waals surface area contributed by atoms with E-state index in [0.29, 0.717) is 0 Å². The van der Waals surface area contributed by atoms with Crippen LogP contribution in [0.1, 0.15) is 30.5 Å². The maximum Gasteiger partial charge on any atom is 0.262 e. The van der Waals surface area contributed by atoms with Crippen LogP contribution < -0.4 is 10.1 Å². The van der Waals surface area contributed by atoms with Crippen LogP contribution in [0, 0.1) is 0 Å². The number of benzene rings is 2. The number of allylic oxidation sites excluding steroid dienone is 1. The molecule has 0 aliphatic carbocycles. The van der Waals surface area contributed by atoms with E-state index in [-0.39, 0.29) is 12.5 Å². The fourth-order valence-electron chi connectivity index (χ4n) is 2.69. The Kier molecular flexibility index (Phi) is 6.62. The van der Waals surface area contributed by atoms with E-state index >= 15 is 0 Å². The Morgan fingerprint density at radius 1 is 1.04 bits per heavy atom. The minimum Gasteiger partial charge on any atom is -0.483 e. The van der Waals surface area contributed by atoms with Crippen LogP contribution in [0.4, 0.5) is 5.69 Å². The predicted molar refractivity (Wildman–Crippen MR) is 99.7 cm³/mol. The number of anilines is 1. The number of aryl methyl sites for hydroxylation is 2. The largest absolute Gasteiger partial charge is 0.483 e. The van der Waals surface area contributed by atoms with Gasteiger partial charge in [0.1, 0.15) is 5.75 Å². The monoisotopic (exact) mass is 323 g/mol. The Morgan fingerprint density at radius 2 is 1.67 bits per heavy atom. The zero-order valence-electron chi connectivity index (χ0n) is 14.5. The van der Waals surface area contributed by atoms with Gasteiger partial charge >= 0.3 is 0 Å². The molecule has 0 radical (unpaired) electrons. The third-order valence-corrected chi connectivity index (χ3v) is 3.96. The van der Waals surface area contributed by atoms with Gasteiger partial charge in [-0.1, -0.05) is 56.3 Å². The fourth-order valence-corrected chi connectivity index (χ4v) is 2.69. The molecule has 0 aromatic heterocycles. The van der Waals surface area contributed by atoms with Gasteiger partial charge in [0.05, 0.1) is 0 Å². The topological polar surface area (TPSA) is 38.3 Å². The molecule has 0 bridgehead atoms. The molecule has 0 atom stereocenters. The molecule has 0 saturated heterocycles. The quantitative estimate of drug-likeness (QED) is 0.723. The molecule has 0 heterocycles. The second kappa shape index (κ2) is 8.92. The lowest BCUT2D eigenvalue weighted by Gasteiger charge is -2.15. The van der Waals surface area contributed by atoms with Gasteiger partial charge in [0.25, 0.3) is 5.91 Å². The van der Waals surface area contributed by atoms with Gasteiger partial charge in [-0.3, -0.25) is 4.79 Å². The number of para-hydroxylation sites is 2. The average Bonchev–Trinajstić information content (AvgIpc) is 2.61. The number of hydrogen-bond acceptors (Lipinski definition) is 2. The van der Waals surface area contributed by atoms with Crippen LogP contribution in [0.5, 0.6) is 5.75 Å². The second-order valence-corrected chi connectivity index (χ2v) is 5.60. The standard InChI is InChI=1S/C21H25NO2/c1-4-10-18-11-7-8-14-19(18)24-15-20(23)22-21-16(5-2)12-9-13-17(21)6-3/h4,7-9,11-14H,1,5-6,10,15H2,2-3H3,(H,22,23). The maximum atomic E-state index is 12.3. The van der Waals surface area contributed by atoms with Gasteiger partial charge in [-0.25, -0.2) is 0 Å². The minimum absolute atomic E-state index is 0.00460. The molecule has 1 N–H and O–H groups in total. The number of nitrogens with one attached hydrogen (secondary N) is 1. The summed E-state index contributed by atoms with van der Waals surface area (Å²) in [7, 11) is 0. The molecule has 0 spiro atoms. The van der Waals surface area contributed by atoms with E-state index in [1.165, 1.54) is 0 Å². The van der Waals surface area contributed by atoms with Crippen molar-refractivity contribution in [2.45, 2.75) is 33.1 Å². The van der Waals surface area contributed by atoms with E-state index in [1.807, 2.05) is 36.4 Å². The summed E-state index contributed by atoms with van der Waals surface area (Å²) in [6.45, 7) is 7.93. The van der Waals surface area contributed by atoms with Gasteiger partial charge in [-0.2, -0.15) is 0 Å². The van der Waals surface area contributed by atoms with Gasteiger partial charge in [0.2, 0.25) is 0 Å². The third kappa shape index (κ3) is 4.48. The smallest absolute Gasteiger partial charge is 0.262 e. The van der Waals surface area contributed by atoms with Crippen molar-refractivity contribution in [3.05, 3.63) is 71.8 Å². The lowest BCUT2D eigenvalue weighted by molar-refractivity contribution is -0.118. The van der Waals surface area contributed by atoms with E-state index in [1.54, 1.807) is 0 Å². The highest BCUT2D eigenvalue weighted by Gasteiger charge is 2.11. The number of hydrogen-bond donors (Lipinski definition) is 1. The van der Waals surface area contributed by atoms with E-state index in [9.17, 15) is 4.79 Å². The summed E-state index contributed by atoms with van der Waals surface area (Å²) >= 11 is 0. The number of carbonyl (C=O) groups is 1. The van der Waals surface area contributed by atoms with Gasteiger partial charge in [-0.15, -0.1) is 6.58 Å². The summed E-state index contributed by atoms with van der Waals surface area (Å²) in [5.41, 5.74) is 4.25. The molecule has 3 heteroatoms. The molecule has 3 nitrogen and oxygen atoms in total. The summed E-state index contributed by atoms with van der Waals surface area (Å²) in [5, 5.41) is 3.02. The number of ether oxygens (including phenoxy) is 1. The van der Waals surface area contributed by atoms with Gasteiger partial charge in [0.15, 0.2) is 6.61 Å². The highest BCUT2D eigenvalue weighted by Crippen LogP contribution is 2.23. The number of rotatable bonds is 8. The molecule has 126 valence electrons. The Labute approximate surface area is 144 Å². The summed E-state index contributed by atoms with van der Waals surface area (Å²) < 4.78 is 5.71. The lowest BCUT2D eigenvalue weighted by Crippen LogP contribution is -2.22. The lowest BCUT2D eigenvalue weighted by atomic mass is 10.0. The van der Waals surface area contributed by atoms with Crippen molar-refractivity contribution in [3.63, 3.8) is 0 Å². The van der Waals surface area contributed by atoms with Crippen molar-refractivity contribution in [1.29, 1.82) is 0 Å². The van der Waals surface area contributed by atoms with Crippen LogP contribution in [0.15, 0.2) is 55.1 Å².